The number of carbonyl (C=O) groups is 1. The van der Waals surface area contributed by atoms with Crippen LogP contribution in [0.5, 0.6) is 5.75 Å². The Bertz CT molecular complexity index is 639. The lowest BCUT2D eigenvalue weighted by Gasteiger charge is -2.07. The van der Waals surface area contributed by atoms with Gasteiger partial charge in [-0.3, -0.25) is 4.68 Å². The van der Waals surface area contributed by atoms with Gasteiger partial charge in [0.05, 0.1) is 16.3 Å². The summed E-state index contributed by atoms with van der Waals surface area (Å²) < 4.78 is 15.0. The number of phenolic OH excluding ortho intramolecular Hbond substituents is 1. The number of hydrogen-bond acceptors (Lipinski definition) is 3. The predicted molar refractivity (Wildman–Crippen MR) is 62.2 cm³/mol. The molecule has 5 nitrogen and oxygen atoms in total. The van der Waals surface area contributed by atoms with Crippen LogP contribution in [-0.2, 0) is 7.05 Å². The molecule has 0 atom stereocenters. The summed E-state index contributed by atoms with van der Waals surface area (Å²) in [5.41, 5.74) is -0.291. The first-order chi connectivity index (χ1) is 8.41. The van der Waals surface area contributed by atoms with Gasteiger partial charge in [-0.15, -0.1) is 0 Å². The molecule has 0 aliphatic rings. The molecule has 2 N–H and O–H groups in total. The molecule has 7 heteroatoms. The monoisotopic (exact) mass is 270 g/mol. The van der Waals surface area contributed by atoms with Crippen LogP contribution < -0.4 is 0 Å². The van der Waals surface area contributed by atoms with E-state index in [2.05, 4.69) is 5.10 Å². The zero-order chi connectivity index (χ0) is 13.4. The number of aryl methyl sites for hydroxylation is 1. The molecule has 0 saturated heterocycles. The van der Waals surface area contributed by atoms with Crippen molar-refractivity contribution in [1.29, 1.82) is 0 Å². The highest BCUT2D eigenvalue weighted by molar-refractivity contribution is 6.31. The minimum Gasteiger partial charge on any atom is -0.507 e. The van der Waals surface area contributed by atoms with Gasteiger partial charge in [0.2, 0.25) is 0 Å². The van der Waals surface area contributed by atoms with Crippen LogP contribution in [0.4, 0.5) is 4.39 Å². The average molecular weight is 271 g/mol. The van der Waals surface area contributed by atoms with E-state index in [0.29, 0.717) is 0 Å². The summed E-state index contributed by atoms with van der Waals surface area (Å²) in [6, 6.07) is 3.61. The number of rotatable bonds is 2. The van der Waals surface area contributed by atoms with Gasteiger partial charge in [-0.2, -0.15) is 5.10 Å². The van der Waals surface area contributed by atoms with Crippen molar-refractivity contribution < 1.29 is 19.4 Å². The molecule has 1 aromatic heterocycles. The van der Waals surface area contributed by atoms with Crippen molar-refractivity contribution in [2.45, 2.75) is 0 Å². The van der Waals surface area contributed by atoms with Crippen molar-refractivity contribution in [1.82, 2.24) is 9.78 Å². The van der Waals surface area contributed by atoms with Gasteiger partial charge in [0, 0.05) is 7.05 Å². The molecule has 2 aromatic rings. The Morgan fingerprint density at radius 2 is 2.17 bits per heavy atom. The summed E-state index contributed by atoms with van der Waals surface area (Å²) in [5, 5.41) is 22.0. The second-order valence-electron chi connectivity index (χ2n) is 3.60. The van der Waals surface area contributed by atoms with Gasteiger partial charge >= 0.3 is 5.97 Å². The second kappa shape index (κ2) is 4.30. The lowest BCUT2D eigenvalue weighted by atomic mass is 10.1. The number of hydrogen-bond donors (Lipinski definition) is 2. The number of carboxylic acid groups (broad SMARTS) is 1. The van der Waals surface area contributed by atoms with E-state index >= 15 is 0 Å². The fourth-order valence-corrected chi connectivity index (χ4v) is 1.75. The highest BCUT2D eigenvalue weighted by Gasteiger charge is 2.20. The van der Waals surface area contributed by atoms with Crippen molar-refractivity contribution in [3.8, 4) is 17.0 Å². The Hall–Kier alpha value is -2.08. The van der Waals surface area contributed by atoms with Crippen molar-refractivity contribution in [3.63, 3.8) is 0 Å². The lowest BCUT2D eigenvalue weighted by molar-refractivity contribution is 0.0689. The van der Waals surface area contributed by atoms with E-state index in [9.17, 15) is 14.3 Å². The number of carboxylic acids is 1. The van der Waals surface area contributed by atoms with Crippen LogP contribution in [-0.4, -0.2) is 26.0 Å². The van der Waals surface area contributed by atoms with Crippen molar-refractivity contribution in [2.24, 2.45) is 7.05 Å². The SMILES string of the molecule is Cn1nc(C(=O)O)cc1-c1c(O)ccc(Cl)c1F. The zero-order valence-electron chi connectivity index (χ0n) is 9.19. The number of benzene rings is 1. The molecule has 1 aromatic carbocycles. The molecule has 18 heavy (non-hydrogen) atoms. The predicted octanol–water partition coefficient (Wildman–Crippen LogP) is 2.28. The van der Waals surface area contributed by atoms with Crippen LogP contribution in [0.15, 0.2) is 18.2 Å². The van der Waals surface area contributed by atoms with Gasteiger partial charge in [-0.25, -0.2) is 9.18 Å². The van der Waals surface area contributed by atoms with E-state index in [-0.39, 0.29) is 27.7 Å². The minimum atomic E-state index is -1.24. The van der Waals surface area contributed by atoms with Gasteiger partial charge in [-0.1, -0.05) is 11.6 Å². The Morgan fingerprint density at radius 3 is 2.72 bits per heavy atom. The van der Waals surface area contributed by atoms with Crippen LogP contribution in [0.3, 0.4) is 0 Å². The minimum absolute atomic E-state index is 0.130. The van der Waals surface area contributed by atoms with Crippen molar-refractivity contribution >= 4 is 17.6 Å². The van der Waals surface area contributed by atoms with E-state index in [1.807, 2.05) is 0 Å². The maximum Gasteiger partial charge on any atom is 0.356 e. The van der Waals surface area contributed by atoms with E-state index in [1.165, 1.54) is 19.2 Å². The third kappa shape index (κ3) is 1.91. The molecule has 0 amide bonds. The first kappa shape index (κ1) is 12.4. The molecule has 0 aliphatic carbocycles. The van der Waals surface area contributed by atoms with Crippen LogP contribution in [0, 0.1) is 5.82 Å². The molecular formula is C11H8ClFN2O3. The maximum absolute atomic E-state index is 13.9. The standard InChI is InChI=1S/C11H8ClFN2O3/c1-15-7(4-6(14-15)11(17)18)9-8(16)3-2-5(12)10(9)13/h2-4,16H,1H3,(H,17,18). The fraction of sp³-hybridized carbons (Fsp3) is 0.0909. The molecule has 0 bridgehead atoms. The van der Waals surface area contributed by atoms with Gasteiger partial charge in [0.1, 0.15) is 5.75 Å². The van der Waals surface area contributed by atoms with E-state index in [4.69, 9.17) is 16.7 Å². The highest BCUT2D eigenvalue weighted by atomic mass is 35.5. The molecule has 0 spiro atoms. The number of aromatic carboxylic acids is 1. The molecule has 0 unspecified atom stereocenters. The summed E-state index contributed by atoms with van der Waals surface area (Å²) in [6.07, 6.45) is 0. The summed E-state index contributed by atoms with van der Waals surface area (Å²) in [6.45, 7) is 0. The van der Waals surface area contributed by atoms with Gasteiger partial charge in [0.25, 0.3) is 0 Å². The topological polar surface area (TPSA) is 75.4 Å². The third-order valence-electron chi connectivity index (χ3n) is 2.43. The van der Waals surface area contributed by atoms with Gasteiger partial charge in [-0.05, 0) is 18.2 Å². The van der Waals surface area contributed by atoms with Crippen LogP contribution >= 0.6 is 11.6 Å². The summed E-state index contributed by atoms with van der Waals surface area (Å²) in [7, 11) is 1.45. The van der Waals surface area contributed by atoms with E-state index < -0.39 is 11.8 Å². The van der Waals surface area contributed by atoms with E-state index in [1.54, 1.807) is 0 Å². The third-order valence-corrected chi connectivity index (χ3v) is 2.72. The average Bonchev–Trinajstić information content (AvgIpc) is 2.67. The Balaban J connectivity index is 2.69. The first-order valence-electron chi connectivity index (χ1n) is 4.86. The van der Waals surface area contributed by atoms with Crippen LogP contribution in [0.2, 0.25) is 5.02 Å². The summed E-state index contributed by atoms with van der Waals surface area (Å²) in [4.78, 5) is 10.8. The molecule has 0 fully saturated rings. The fourth-order valence-electron chi connectivity index (χ4n) is 1.59. The highest BCUT2D eigenvalue weighted by Crippen LogP contribution is 2.35. The summed E-state index contributed by atoms with van der Waals surface area (Å²) in [5.74, 6) is -2.40. The van der Waals surface area contributed by atoms with Gasteiger partial charge < -0.3 is 10.2 Å². The molecular weight excluding hydrogens is 263 g/mol. The van der Waals surface area contributed by atoms with Crippen LogP contribution in [0.25, 0.3) is 11.3 Å². The van der Waals surface area contributed by atoms with Crippen molar-refractivity contribution in [3.05, 3.63) is 34.7 Å². The summed E-state index contributed by atoms with van der Waals surface area (Å²) >= 11 is 5.63. The number of aromatic hydroxyl groups is 1. The molecule has 2 rings (SSSR count). The second-order valence-corrected chi connectivity index (χ2v) is 4.01. The quantitative estimate of drug-likeness (QED) is 0.878. The smallest absolute Gasteiger partial charge is 0.356 e. The zero-order valence-corrected chi connectivity index (χ0v) is 9.94. The Kier molecular flexibility index (Phi) is 2.96. The molecule has 0 radical (unpaired) electrons. The normalized spacial score (nSPS) is 10.6. The van der Waals surface area contributed by atoms with E-state index in [0.717, 1.165) is 10.7 Å². The molecule has 94 valence electrons. The number of phenols is 1. The number of halogens is 2. The van der Waals surface area contributed by atoms with Crippen molar-refractivity contribution in [2.75, 3.05) is 0 Å². The number of aromatic nitrogens is 2. The first-order valence-corrected chi connectivity index (χ1v) is 5.24. The number of nitrogens with zero attached hydrogens (tertiary/aromatic N) is 2. The lowest BCUT2D eigenvalue weighted by Crippen LogP contribution is -1.99. The Morgan fingerprint density at radius 1 is 1.50 bits per heavy atom. The largest absolute Gasteiger partial charge is 0.507 e. The Labute approximate surface area is 106 Å². The molecule has 1 heterocycles. The maximum atomic E-state index is 13.9. The van der Waals surface area contributed by atoms with Gasteiger partial charge in [0.15, 0.2) is 11.5 Å². The van der Waals surface area contributed by atoms with Crippen LogP contribution in [0.1, 0.15) is 10.5 Å². The molecule has 0 aliphatic heterocycles. The molecule has 0 saturated carbocycles.